The molecule has 3 aromatic heterocycles. The minimum atomic E-state index is -0.308. The van der Waals surface area contributed by atoms with Gasteiger partial charge in [0.1, 0.15) is 11.5 Å². The number of hydrogen-bond acceptors (Lipinski definition) is 5. The van der Waals surface area contributed by atoms with Crippen LogP contribution in [0.15, 0.2) is 54.2 Å². The van der Waals surface area contributed by atoms with Crippen molar-refractivity contribution in [2.75, 3.05) is 0 Å². The Bertz CT molecular complexity index is 1040. The van der Waals surface area contributed by atoms with E-state index in [1.807, 2.05) is 17.5 Å². The molecular weight excluding hydrogens is 357 g/mol. The number of thiophene rings is 2. The number of hydrogen-bond donors (Lipinski definition) is 1. The lowest BCUT2D eigenvalue weighted by Gasteiger charge is -2.07. The summed E-state index contributed by atoms with van der Waals surface area (Å²) in [4.78, 5) is 22.7. The zero-order valence-electron chi connectivity index (χ0n) is 12.9. The predicted octanol–water partition coefficient (Wildman–Crippen LogP) is 4.49. The lowest BCUT2D eigenvalue weighted by molar-refractivity contribution is 0.0954. The first-order valence-corrected chi connectivity index (χ1v) is 9.21. The average molecular weight is 369 g/mol. The molecule has 3 heterocycles. The monoisotopic (exact) mass is 369 g/mol. The van der Waals surface area contributed by atoms with E-state index >= 15 is 0 Å². The summed E-state index contributed by atoms with van der Waals surface area (Å²) in [5.41, 5.74) is 1.49. The molecule has 0 atom stereocenters. The van der Waals surface area contributed by atoms with E-state index < -0.39 is 0 Å². The molecule has 0 aliphatic heterocycles. The Hall–Kier alpha value is -2.64. The Morgan fingerprint density at radius 1 is 1.16 bits per heavy atom. The molecule has 7 heteroatoms. The second-order valence-corrected chi connectivity index (χ2v) is 7.34. The van der Waals surface area contributed by atoms with Crippen molar-refractivity contribution in [1.29, 1.82) is 0 Å². The highest BCUT2D eigenvalue weighted by atomic mass is 32.1. The number of nitrogens with zero attached hydrogens (tertiary/aromatic N) is 2. The molecule has 1 amide bonds. The van der Waals surface area contributed by atoms with Crippen molar-refractivity contribution in [2.24, 2.45) is 0 Å². The highest BCUT2D eigenvalue weighted by Crippen LogP contribution is 2.27. The van der Waals surface area contributed by atoms with Gasteiger partial charge in [0.05, 0.1) is 22.0 Å². The molecule has 25 heavy (non-hydrogen) atoms. The smallest absolute Gasteiger partial charge is 0.261 e. The summed E-state index contributed by atoms with van der Waals surface area (Å²) in [7, 11) is 0. The van der Waals surface area contributed by atoms with Crippen molar-refractivity contribution >= 4 is 38.7 Å². The first kappa shape index (κ1) is 15.9. The maximum absolute atomic E-state index is 13.3. The predicted molar refractivity (Wildman–Crippen MR) is 98.3 cm³/mol. The van der Waals surface area contributed by atoms with Crippen LogP contribution in [0.3, 0.4) is 0 Å². The van der Waals surface area contributed by atoms with Crippen LogP contribution >= 0.6 is 22.7 Å². The third kappa shape index (κ3) is 3.29. The maximum Gasteiger partial charge on any atom is 0.261 e. The quantitative estimate of drug-likeness (QED) is 0.577. The van der Waals surface area contributed by atoms with Crippen molar-refractivity contribution in [3.63, 3.8) is 0 Å². The normalized spacial score (nSPS) is 10.9. The Kier molecular flexibility index (Phi) is 4.25. The molecule has 0 unspecified atom stereocenters. The molecular formula is C18H12FN3OS2. The summed E-state index contributed by atoms with van der Waals surface area (Å²) in [5.74, 6) is -0.512. The molecule has 0 aliphatic carbocycles. The summed E-state index contributed by atoms with van der Waals surface area (Å²) in [6, 6.07) is 10.1. The molecule has 124 valence electrons. The Labute approximate surface area is 151 Å². The Morgan fingerprint density at radius 2 is 2.04 bits per heavy atom. The molecule has 0 fully saturated rings. The summed E-state index contributed by atoms with van der Waals surface area (Å²) >= 11 is 2.91. The minimum Gasteiger partial charge on any atom is -0.346 e. The topological polar surface area (TPSA) is 54.9 Å². The lowest BCUT2D eigenvalue weighted by atomic mass is 10.2. The summed E-state index contributed by atoms with van der Waals surface area (Å²) in [6.07, 6.45) is 3.25. The molecule has 4 nitrogen and oxygen atoms in total. The fourth-order valence-electron chi connectivity index (χ4n) is 2.49. The summed E-state index contributed by atoms with van der Waals surface area (Å²) in [5, 5.41) is 5.58. The molecule has 0 radical (unpaired) electrons. The van der Waals surface area contributed by atoms with E-state index in [0.29, 0.717) is 10.6 Å². The number of benzene rings is 1. The number of aromatic nitrogens is 2. The summed E-state index contributed by atoms with van der Waals surface area (Å²) < 4.78 is 14.2. The molecule has 0 saturated carbocycles. The zero-order chi connectivity index (χ0) is 17.2. The third-order valence-electron chi connectivity index (χ3n) is 3.65. The van der Waals surface area contributed by atoms with Gasteiger partial charge in [-0.05, 0) is 41.1 Å². The van der Waals surface area contributed by atoms with E-state index in [-0.39, 0.29) is 18.3 Å². The third-order valence-corrected chi connectivity index (χ3v) is 5.64. The second kappa shape index (κ2) is 6.70. The van der Waals surface area contributed by atoms with Crippen LogP contribution in [0.1, 0.15) is 15.4 Å². The van der Waals surface area contributed by atoms with E-state index in [1.165, 1.54) is 23.5 Å². The van der Waals surface area contributed by atoms with Crippen molar-refractivity contribution in [3.05, 3.63) is 70.6 Å². The fourth-order valence-corrected chi connectivity index (χ4v) is 4.20. The van der Waals surface area contributed by atoms with Gasteiger partial charge < -0.3 is 5.32 Å². The first-order chi connectivity index (χ1) is 12.2. The van der Waals surface area contributed by atoms with Crippen molar-refractivity contribution in [3.8, 4) is 10.6 Å². The van der Waals surface area contributed by atoms with E-state index in [1.54, 1.807) is 35.9 Å². The number of carbonyl (C=O) groups is 1. The van der Waals surface area contributed by atoms with E-state index in [4.69, 9.17) is 0 Å². The highest BCUT2D eigenvalue weighted by molar-refractivity contribution is 7.20. The van der Waals surface area contributed by atoms with Crippen LogP contribution in [0, 0.1) is 5.82 Å². The van der Waals surface area contributed by atoms with Gasteiger partial charge >= 0.3 is 0 Å². The molecule has 4 rings (SSSR count). The lowest BCUT2D eigenvalue weighted by Crippen LogP contribution is -2.22. The molecule has 1 N–H and O–H groups in total. The SMILES string of the molecule is O=C(NCc1nccnc1-c1cccs1)c1cc2cc(F)ccc2s1. The van der Waals surface area contributed by atoms with Crippen molar-refractivity contribution < 1.29 is 9.18 Å². The number of amides is 1. The molecule has 1 aromatic carbocycles. The molecule has 0 bridgehead atoms. The molecule has 4 aromatic rings. The van der Waals surface area contributed by atoms with Crippen LogP contribution in [-0.2, 0) is 6.54 Å². The van der Waals surface area contributed by atoms with Gasteiger partial charge in [0.15, 0.2) is 0 Å². The van der Waals surface area contributed by atoms with Crippen molar-refractivity contribution in [2.45, 2.75) is 6.54 Å². The van der Waals surface area contributed by atoms with Gasteiger partial charge in [-0.2, -0.15) is 0 Å². The second-order valence-electron chi connectivity index (χ2n) is 5.30. The van der Waals surface area contributed by atoms with Crippen LogP contribution < -0.4 is 5.32 Å². The zero-order valence-corrected chi connectivity index (χ0v) is 14.5. The Balaban J connectivity index is 1.54. The van der Waals surface area contributed by atoms with E-state index in [0.717, 1.165) is 20.7 Å². The largest absolute Gasteiger partial charge is 0.346 e. The first-order valence-electron chi connectivity index (χ1n) is 7.52. The van der Waals surface area contributed by atoms with Crippen LogP contribution in [0.4, 0.5) is 4.39 Å². The summed E-state index contributed by atoms with van der Waals surface area (Å²) in [6.45, 7) is 0.280. The Morgan fingerprint density at radius 3 is 2.88 bits per heavy atom. The van der Waals surface area contributed by atoms with E-state index in [2.05, 4.69) is 15.3 Å². The van der Waals surface area contributed by atoms with Crippen LogP contribution in [-0.4, -0.2) is 15.9 Å². The van der Waals surface area contributed by atoms with Gasteiger partial charge in [-0.25, -0.2) is 4.39 Å². The number of halogens is 1. The number of fused-ring (bicyclic) bond motifs is 1. The number of carbonyl (C=O) groups excluding carboxylic acids is 1. The van der Waals surface area contributed by atoms with Gasteiger partial charge in [0, 0.05) is 17.1 Å². The molecule has 0 spiro atoms. The van der Waals surface area contributed by atoms with Gasteiger partial charge in [-0.3, -0.25) is 14.8 Å². The van der Waals surface area contributed by atoms with Crippen molar-refractivity contribution in [1.82, 2.24) is 15.3 Å². The van der Waals surface area contributed by atoms with Crippen LogP contribution in [0.25, 0.3) is 20.7 Å². The van der Waals surface area contributed by atoms with Gasteiger partial charge in [-0.1, -0.05) is 6.07 Å². The molecule has 0 saturated heterocycles. The van der Waals surface area contributed by atoms with Gasteiger partial charge in [0.2, 0.25) is 0 Å². The maximum atomic E-state index is 13.3. The van der Waals surface area contributed by atoms with Gasteiger partial charge in [0.25, 0.3) is 5.91 Å². The average Bonchev–Trinajstić information content (AvgIpc) is 3.29. The number of rotatable bonds is 4. The van der Waals surface area contributed by atoms with Gasteiger partial charge in [-0.15, -0.1) is 22.7 Å². The van der Waals surface area contributed by atoms with Crippen LogP contribution in [0.2, 0.25) is 0 Å². The fraction of sp³-hybridized carbons (Fsp3) is 0.0556. The van der Waals surface area contributed by atoms with Crippen LogP contribution in [0.5, 0.6) is 0 Å². The standard InChI is InChI=1S/C18H12FN3OS2/c19-12-3-4-14-11(8-12)9-16(25-14)18(23)22-10-13-17(21-6-5-20-13)15-2-1-7-24-15/h1-9H,10H2,(H,22,23). The number of nitrogens with one attached hydrogen (secondary N) is 1. The molecule has 0 aliphatic rings. The minimum absolute atomic E-state index is 0.204. The highest BCUT2D eigenvalue weighted by Gasteiger charge is 2.13. The van der Waals surface area contributed by atoms with E-state index in [9.17, 15) is 9.18 Å².